The van der Waals surface area contributed by atoms with Crippen molar-refractivity contribution >= 4 is 29.5 Å². The molecule has 8 nitrogen and oxygen atoms in total. The van der Waals surface area contributed by atoms with Crippen molar-refractivity contribution in [1.29, 1.82) is 0 Å². The highest BCUT2D eigenvalue weighted by atomic mass is 16.5. The summed E-state index contributed by atoms with van der Waals surface area (Å²) in [6, 6.07) is 5.03. The van der Waals surface area contributed by atoms with Crippen LogP contribution in [0.1, 0.15) is 36.8 Å². The number of esters is 1. The summed E-state index contributed by atoms with van der Waals surface area (Å²) in [4.78, 5) is 49.5. The zero-order chi connectivity index (χ0) is 19.6. The Labute approximate surface area is 157 Å². The zero-order valence-electron chi connectivity index (χ0n) is 15.5. The Hall–Kier alpha value is -2.90. The first-order valence-electron chi connectivity index (χ1n) is 8.98. The molecule has 0 bridgehead atoms. The normalized spacial score (nSPS) is 17.9. The largest absolute Gasteiger partial charge is 0.454 e. The van der Waals surface area contributed by atoms with E-state index in [0.717, 1.165) is 28.9 Å². The van der Waals surface area contributed by atoms with Gasteiger partial charge >= 0.3 is 12.0 Å². The van der Waals surface area contributed by atoms with Gasteiger partial charge in [-0.2, -0.15) is 0 Å². The molecule has 1 aliphatic heterocycles. The summed E-state index contributed by atoms with van der Waals surface area (Å²) in [5.41, 5.74) is 1.61. The molecule has 0 radical (unpaired) electrons. The second-order valence-corrected chi connectivity index (χ2v) is 7.09. The lowest BCUT2D eigenvalue weighted by Gasteiger charge is -2.19. The predicted molar refractivity (Wildman–Crippen MR) is 96.9 cm³/mol. The summed E-state index contributed by atoms with van der Waals surface area (Å²) >= 11 is 0. The van der Waals surface area contributed by atoms with Crippen LogP contribution in [-0.2, 0) is 19.1 Å². The van der Waals surface area contributed by atoms with Crippen molar-refractivity contribution in [1.82, 2.24) is 10.2 Å². The second kappa shape index (κ2) is 7.38. The van der Waals surface area contributed by atoms with E-state index in [0.29, 0.717) is 18.5 Å². The number of amides is 4. The molecule has 1 aromatic rings. The van der Waals surface area contributed by atoms with Crippen LogP contribution in [0.5, 0.6) is 0 Å². The number of para-hydroxylation sites is 1. The first kappa shape index (κ1) is 18.9. The molecular formula is C19H23N3O5. The van der Waals surface area contributed by atoms with Crippen molar-refractivity contribution in [2.24, 2.45) is 0 Å². The van der Waals surface area contributed by atoms with Crippen LogP contribution < -0.4 is 10.6 Å². The van der Waals surface area contributed by atoms with E-state index >= 15 is 0 Å². The average Bonchev–Trinajstić information content (AvgIpc) is 3.17. The lowest BCUT2D eigenvalue weighted by Crippen LogP contribution is -2.44. The molecule has 1 spiro atoms. The van der Waals surface area contributed by atoms with Crippen LogP contribution in [0.4, 0.5) is 10.5 Å². The molecule has 8 heteroatoms. The summed E-state index contributed by atoms with van der Waals surface area (Å²) in [7, 11) is 0. The van der Waals surface area contributed by atoms with Gasteiger partial charge < -0.3 is 15.4 Å². The van der Waals surface area contributed by atoms with Gasteiger partial charge in [0, 0.05) is 5.69 Å². The van der Waals surface area contributed by atoms with Gasteiger partial charge in [0.25, 0.3) is 11.8 Å². The quantitative estimate of drug-likeness (QED) is 0.603. The Bertz CT molecular complexity index is 778. The van der Waals surface area contributed by atoms with Gasteiger partial charge in [0.05, 0.1) is 0 Å². The van der Waals surface area contributed by atoms with Gasteiger partial charge in [0.15, 0.2) is 6.61 Å². The number of nitrogens with one attached hydrogen (secondary N) is 2. The number of hydrogen-bond donors (Lipinski definition) is 2. The molecule has 1 saturated heterocycles. The number of ether oxygens (including phenoxy) is 1. The molecule has 0 unspecified atom stereocenters. The maximum absolute atomic E-state index is 12.5. The van der Waals surface area contributed by atoms with Gasteiger partial charge in [-0.3, -0.25) is 19.3 Å². The monoisotopic (exact) mass is 373 g/mol. The maximum atomic E-state index is 12.5. The fourth-order valence-electron chi connectivity index (χ4n) is 3.65. The third-order valence-corrected chi connectivity index (χ3v) is 5.10. The highest BCUT2D eigenvalue weighted by Crippen LogP contribution is 2.34. The van der Waals surface area contributed by atoms with Crippen LogP contribution >= 0.6 is 0 Å². The second-order valence-electron chi connectivity index (χ2n) is 7.09. The van der Waals surface area contributed by atoms with E-state index in [1.54, 1.807) is 0 Å². The van der Waals surface area contributed by atoms with Crippen LogP contribution in [0.15, 0.2) is 18.2 Å². The third kappa shape index (κ3) is 3.79. The molecule has 1 aliphatic carbocycles. The van der Waals surface area contributed by atoms with E-state index in [1.807, 2.05) is 32.0 Å². The van der Waals surface area contributed by atoms with Crippen molar-refractivity contribution in [3.63, 3.8) is 0 Å². The van der Waals surface area contributed by atoms with Crippen LogP contribution in [0.3, 0.4) is 0 Å². The van der Waals surface area contributed by atoms with Gasteiger partial charge in [-0.1, -0.05) is 31.0 Å². The van der Waals surface area contributed by atoms with E-state index in [4.69, 9.17) is 4.74 Å². The number of anilines is 1. The minimum absolute atomic E-state index is 0.387. The van der Waals surface area contributed by atoms with E-state index < -0.39 is 36.6 Å². The Kier molecular flexibility index (Phi) is 5.16. The summed E-state index contributed by atoms with van der Waals surface area (Å²) < 4.78 is 4.94. The molecule has 1 heterocycles. The molecule has 2 aliphatic rings. The summed E-state index contributed by atoms with van der Waals surface area (Å²) in [6.45, 7) is 2.75. The summed E-state index contributed by atoms with van der Waals surface area (Å²) in [6.07, 6.45) is 2.90. The number of nitrogens with zero attached hydrogens (tertiary/aromatic N) is 1. The first-order chi connectivity index (χ1) is 12.8. The average molecular weight is 373 g/mol. The predicted octanol–water partition coefficient (Wildman–Crippen LogP) is 1.65. The molecule has 2 fully saturated rings. The van der Waals surface area contributed by atoms with Gasteiger partial charge in [-0.15, -0.1) is 0 Å². The molecule has 4 amide bonds. The number of benzene rings is 1. The zero-order valence-corrected chi connectivity index (χ0v) is 15.5. The fraction of sp³-hybridized carbons (Fsp3) is 0.474. The lowest BCUT2D eigenvalue weighted by molar-refractivity contribution is -0.150. The van der Waals surface area contributed by atoms with Crippen molar-refractivity contribution in [3.8, 4) is 0 Å². The van der Waals surface area contributed by atoms with Crippen LogP contribution in [-0.4, -0.2) is 47.4 Å². The Morgan fingerprint density at radius 2 is 1.81 bits per heavy atom. The smallest absolute Gasteiger partial charge is 0.326 e. The molecule has 1 aromatic carbocycles. The van der Waals surface area contributed by atoms with Crippen molar-refractivity contribution in [2.75, 3.05) is 18.5 Å². The number of hydrogen-bond acceptors (Lipinski definition) is 5. The molecule has 3 rings (SSSR count). The lowest BCUT2D eigenvalue weighted by atomic mass is 9.98. The SMILES string of the molecule is Cc1cccc(C)c1NC(=O)COC(=O)CN1C(=O)NC2(CCCC2)C1=O. The number of imide groups is 1. The van der Waals surface area contributed by atoms with Gasteiger partial charge in [0.1, 0.15) is 12.1 Å². The Morgan fingerprint density at radius 3 is 2.44 bits per heavy atom. The van der Waals surface area contributed by atoms with Crippen LogP contribution in [0.25, 0.3) is 0 Å². The number of urea groups is 1. The van der Waals surface area contributed by atoms with Crippen molar-refractivity contribution in [3.05, 3.63) is 29.3 Å². The standard InChI is InChI=1S/C19H23N3O5/c1-12-6-5-7-13(2)16(12)20-14(23)11-27-15(24)10-22-17(25)19(21-18(22)26)8-3-4-9-19/h5-7H,3-4,8-11H2,1-2H3,(H,20,23)(H,21,26). The molecule has 0 atom stereocenters. The van der Waals surface area contributed by atoms with Crippen LogP contribution in [0, 0.1) is 13.8 Å². The highest BCUT2D eigenvalue weighted by molar-refractivity contribution is 6.09. The third-order valence-electron chi connectivity index (χ3n) is 5.10. The molecule has 1 saturated carbocycles. The van der Waals surface area contributed by atoms with Gasteiger partial charge in [0.2, 0.25) is 0 Å². The van der Waals surface area contributed by atoms with Gasteiger partial charge in [-0.05, 0) is 37.8 Å². The Balaban J connectivity index is 1.52. The van der Waals surface area contributed by atoms with Gasteiger partial charge in [-0.25, -0.2) is 4.79 Å². The highest BCUT2D eigenvalue weighted by Gasteiger charge is 2.52. The fourth-order valence-corrected chi connectivity index (χ4v) is 3.65. The van der Waals surface area contributed by atoms with Crippen molar-refractivity contribution < 1.29 is 23.9 Å². The molecule has 27 heavy (non-hydrogen) atoms. The first-order valence-corrected chi connectivity index (χ1v) is 8.98. The number of aryl methyl sites for hydroxylation is 2. The van der Waals surface area contributed by atoms with Crippen molar-refractivity contribution in [2.45, 2.75) is 45.1 Å². The topological polar surface area (TPSA) is 105 Å². The Morgan fingerprint density at radius 1 is 1.19 bits per heavy atom. The molecule has 0 aromatic heterocycles. The van der Waals surface area contributed by atoms with E-state index in [2.05, 4.69) is 10.6 Å². The number of rotatable bonds is 5. The molecular weight excluding hydrogens is 350 g/mol. The van der Waals surface area contributed by atoms with Crippen LogP contribution in [0.2, 0.25) is 0 Å². The van der Waals surface area contributed by atoms with E-state index in [-0.39, 0.29) is 5.91 Å². The number of carbonyl (C=O) groups excluding carboxylic acids is 4. The summed E-state index contributed by atoms with van der Waals surface area (Å²) in [5.74, 6) is -1.67. The van der Waals surface area contributed by atoms with E-state index in [1.165, 1.54) is 0 Å². The maximum Gasteiger partial charge on any atom is 0.326 e. The molecule has 2 N–H and O–H groups in total. The minimum Gasteiger partial charge on any atom is -0.454 e. The van der Waals surface area contributed by atoms with E-state index in [9.17, 15) is 19.2 Å². The minimum atomic E-state index is -0.864. The molecule has 144 valence electrons. The number of carbonyl (C=O) groups is 4. The summed E-state index contributed by atoms with van der Waals surface area (Å²) in [5, 5.41) is 5.40.